The molecule has 2 fully saturated rings. The van der Waals surface area contributed by atoms with Crippen molar-refractivity contribution in [2.45, 2.75) is 37.3 Å². The van der Waals surface area contributed by atoms with E-state index in [1.54, 1.807) is 7.11 Å². The van der Waals surface area contributed by atoms with Crippen molar-refractivity contribution < 1.29 is 24.5 Å². The monoisotopic (exact) mass is 541 g/mol. The van der Waals surface area contributed by atoms with E-state index in [4.69, 9.17) is 19.9 Å². The molecule has 40 heavy (non-hydrogen) atoms. The van der Waals surface area contributed by atoms with E-state index in [9.17, 15) is 14.4 Å². The molecule has 2 aromatic heterocycles. The summed E-state index contributed by atoms with van der Waals surface area (Å²) in [6, 6.07) is 20.9. The van der Waals surface area contributed by atoms with Crippen LogP contribution in [0.5, 0.6) is 0 Å². The Morgan fingerprint density at radius 2 is 1.73 bits per heavy atom. The Morgan fingerprint density at radius 3 is 2.48 bits per heavy atom. The van der Waals surface area contributed by atoms with E-state index in [1.165, 1.54) is 0 Å². The van der Waals surface area contributed by atoms with Crippen LogP contribution >= 0.6 is 0 Å². The smallest absolute Gasteiger partial charge is 0.328 e. The van der Waals surface area contributed by atoms with Gasteiger partial charge in [0, 0.05) is 61.6 Å². The van der Waals surface area contributed by atoms with Gasteiger partial charge in [-0.3, -0.25) is 9.78 Å². The standard InChI is InChI=1S/C27H27N3O2.C4H4O4/c1-32-20-8-5-14-29(17-20)24-10-4-7-19-13-15-30(27(31)26(19)24)25-16-21(25)23-12-11-18-6-2-3-9-22(18)28-23;5-3(6)1-2-4(7)8/h2-4,6-7,9-13,15,20-21,25H,5,8,14,16-17H2,1H3;1-2H,(H,5,6)(H,7,8)/b;2-1+. The normalized spacial score (nSPS) is 20.3. The van der Waals surface area contributed by atoms with Crippen LogP contribution in [0.25, 0.3) is 21.7 Å². The molecule has 9 nitrogen and oxygen atoms in total. The van der Waals surface area contributed by atoms with Crippen LogP contribution in [0.2, 0.25) is 0 Å². The number of fused-ring (bicyclic) bond motifs is 2. The summed E-state index contributed by atoms with van der Waals surface area (Å²) in [4.78, 5) is 40.0. The molecular formula is C31H31N3O6. The number of carboxylic acid groups (broad SMARTS) is 2. The van der Waals surface area contributed by atoms with Crippen LogP contribution in [-0.4, -0.2) is 58.0 Å². The number of pyridine rings is 2. The number of carboxylic acids is 2. The van der Waals surface area contributed by atoms with Crippen LogP contribution in [0.4, 0.5) is 5.69 Å². The van der Waals surface area contributed by atoms with E-state index < -0.39 is 11.9 Å². The first kappa shape index (κ1) is 27.1. The van der Waals surface area contributed by atoms with Crippen LogP contribution < -0.4 is 10.5 Å². The summed E-state index contributed by atoms with van der Waals surface area (Å²) < 4.78 is 7.55. The molecule has 1 aliphatic heterocycles. The Labute approximate surface area is 230 Å². The van der Waals surface area contributed by atoms with Crippen molar-refractivity contribution in [3.05, 3.63) is 95.1 Å². The number of rotatable bonds is 6. The molecule has 6 rings (SSSR count). The van der Waals surface area contributed by atoms with Gasteiger partial charge in [-0.25, -0.2) is 9.59 Å². The highest BCUT2D eigenvalue weighted by molar-refractivity contribution is 5.93. The van der Waals surface area contributed by atoms with Crippen LogP contribution in [-0.2, 0) is 14.3 Å². The highest BCUT2D eigenvalue weighted by atomic mass is 16.5. The summed E-state index contributed by atoms with van der Waals surface area (Å²) in [6.45, 7) is 1.79. The molecule has 0 bridgehead atoms. The minimum atomic E-state index is -1.26. The van der Waals surface area contributed by atoms with Gasteiger partial charge in [-0.1, -0.05) is 36.4 Å². The molecule has 9 heteroatoms. The molecule has 206 valence electrons. The van der Waals surface area contributed by atoms with Gasteiger partial charge in [0.1, 0.15) is 0 Å². The lowest BCUT2D eigenvalue weighted by Crippen LogP contribution is -2.39. The Hall–Kier alpha value is -4.50. The molecule has 3 atom stereocenters. The summed E-state index contributed by atoms with van der Waals surface area (Å²) in [5, 5.41) is 18.6. The van der Waals surface area contributed by atoms with Crippen LogP contribution in [0.3, 0.4) is 0 Å². The van der Waals surface area contributed by atoms with Gasteiger partial charge >= 0.3 is 11.9 Å². The van der Waals surface area contributed by atoms with Gasteiger partial charge in [-0.15, -0.1) is 0 Å². The summed E-state index contributed by atoms with van der Waals surface area (Å²) in [5.41, 5.74) is 3.23. The van der Waals surface area contributed by atoms with Crippen molar-refractivity contribution in [3.63, 3.8) is 0 Å². The molecule has 1 saturated heterocycles. The number of anilines is 1. The topological polar surface area (TPSA) is 122 Å². The number of aliphatic carboxylic acids is 2. The maximum absolute atomic E-state index is 13.7. The minimum Gasteiger partial charge on any atom is -0.478 e. The molecule has 3 heterocycles. The highest BCUT2D eigenvalue weighted by Gasteiger charge is 2.42. The predicted octanol–water partition coefficient (Wildman–Crippen LogP) is 4.61. The van der Waals surface area contributed by atoms with Crippen molar-refractivity contribution >= 4 is 39.3 Å². The average Bonchev–Trinajstić information content (AvgIpc) is 3.77. The second-order valence-corrected chi connectivity index (χ2v) is 10.1. The Balaban J connectivity index is 0.000000355. The predicted molar refractivity (Wildman–Crippen MR) is 153 cm³/mol. The third kappa shape index (κ3) is 5.89. The lowest BCUT2D eigenvalue weighted by atomic mass is 10.0. The zero-order chi connectivity index (χ0) is 28.2. The van der Waals surface area contributed by atoms with E-state index in [1.807, 2.05) is 29.0 Å². The number of para-hydroxylation sites is 1. The number of nitrogens with zero attached hydrogens (tertiary/aromatic N) is 3. The first-order valence-corrected chi connectivity index (χ1v) is 13.3. The highest BCUT2D eigenvalue weighted by Crippen LogP contribution is 2.50. The first-order chi connectivity index (χ1) is 19.4. The van der Waals surface area contributed by atoms with Crippen LogP contribution in [0.15, 0.2) is 83.8 Å². The summed E-state index contributed by atoms with van der Waals surface area (Å²) in [6.07, 6.45) is 6.41. The zero-order valence-corrected chi connectivity index (χ0v) is 22.1. The van der Waals surface area contributed by atoms with Gasteiger partial charge in [0.2, 0.25) is 0 Å². The van der Waals surface area contributed by atoms with E-state index in [2.05, 4.69) is 47.4 Å². The van der Waals surface area contributed by atoms with Crippen molar-refractivity contribution in [1.82, 2.24) is 9.55 Å². The summed E-state index contributed by atoms with van der Waals surface area (Å²) >= 11 is 0. The average molecular weight is 542 g/mol. The molecule has 1 aliphatic carbocycles. The number of ether oxygens (including phenoxy) is 1. The van der Waals surface area contributed by atoms with E-state index >= 15 is 0 Å². The number of carbonyl (C=O) groups is 2. The number of hydrogen-bond donors (Lipinski definition) is 2. The largest absolute Gasteiger partial charge is 0.478 e. The third-order valence-electron chi connectivity index (χ3n) is 7.47. The fourth-order valence-corrected chi connectivity index (χ4v) is 5.40. The van der Waals surface area contributed by atoms with Gasteiger partial charge in [0.15, 0.2) is 0 Å². The molecule has 1 saturated carbocycles. The quantitative estimate of drug-likeness (QED) is 0.340. The Bertz CT molecular complexity index is 1630. The minimum absolute atomic E-state index is 0.103. The van der Waals surface area contributed by atoms with Crippen LogP contribution in [0, 0.1) is 0 Å². The number of hydrogen-bond acceptors (Lipinski definition) is 6. The SMILES string of the molecule is COC1CCCN(c2cccc3ccn(C4CC4c4ccc5ccccc5n4)c(=O)c23)C1.O=C(O)/C=C/C(=O)O. The van der Waals surface area contributed by atoms with Gasteiger partial charge in [0.25, 0.3) is 5.56 Å². The molecule has 2 aliphatic rings. The van der Waals surface area contributed by atoms with E-state index in [-0.39, 0.29) is 23.6 Å². The Kier molecular flexibility index (Phi) is 7.93. The number of piperidine rings is 1. The molecule has 2 N–H and O–H groups in total. The fourth-order valence-electron chi connectivity index (χ4n) is 5.40. The second-order valence-electron chi connectivity index (χ2n) is 10.1. The first-order valence-electron chi connectivity index (χ1n) is 13.3. The zero-order valence-electron chi connectivity index (χ0n) is 22.1. The van der Waals surface area contributed by atoms with Gasteiger partial charge in [0.05, 0.1) is 22.7 Å². The van der Waals surface area contributed by atoms with Gasteiger partial charge in [-0.05, 0) is 48.9 Å². The lowest BCUT2D eigenvalue weighted by Gasteiger charge is -2.34. The van der Waals surface area contributed by atoms with Crippen molar-refractivity contribution in [2.24, 2.45) is 0 Å². The maximum atomic E-state index is 13.7. The lowest BCUT2D eigenvalue weighted by molar-refractivity contribution is -0.134. The van der Waals surface area contributed by atoms with Crippen LogP contribution in [0.1, 0.15) is 36.9 Å². The number of aromatic nitrogens is 2. The molecular weight excluding hydrogens is 510 g/mol. The molecule has 4 aromatic rings. The second kappa shape index (κ2) is 11.7. The fraction of sp³-hybridized carbons (Fsp3) is 0.290. The number of benzene rings is 2. The molecule has 2 aromatic carbocycles. The number of methoxy groups -OCH3 is 1. The van der Waals surface area contributed by atoms with Crippen molar-refractivity contribution in [3.8, 4) is 0 Å². The molecule has 0 amide bonds. The van der Waals surface area contributed by atoms with Gasteiger partial charge < -0.3 is 24.4 Å². The van der Waals surface area contributed by atoms with Gasteiger partial charge in [-0.2, -0.15) is 0 Å². The summed E-state index contributed by atoms with van der Waals surface area (Å²) in [5.74, 6) is -2.23. The molecule has 0 spiro atoms. The molecule has 3 unspecified atom stereocenters. The van der Waals surface area contributed by atoms with E-state index in [0.717, 1.165) is 65.4 Å². The Morgan fingerprint density at radius 1 is 0.975 bits per heavy atom. The van der Waals surface area contributed by atoms with Crippen molar-refractivity contribution in [2.75, 3.05) is 25.1 Å². The molecule has 0 radical (unpaired) electrons. The maximum Gasteiger partial charge on any atom is 0.328 e. The van der Waals surface area contributed by atoms with E-state index in [0.29, 0.717) is 12.2 Å². The van der Waals surface area contributed by atoms with Crippen molar-refractivity contribution in [1.29, 1.82) is 0 Å². The third-order valence-corrected chi connectivity index (χ3v) is 7.47. The summed E-state index contributed by atoms with van der Waals surface area (Å²) in [7, 11) is 1.78.